The Morgan fingerprint density at radius 2 is 1.89 bits per heavy atom. The molecule has 0 aliphatic rings. The quantitative estimate of drug-likeness (QED) is 0.761. The lowest BCUT2D eigenvalue weighted by molar-refractivity contribution is 0.0950. The summed E-state index contributed by atoms with van der Waals surface area (Å²) in [4.78, 5) is 11.9. The van der Waals surface area contributed by atoms with Crippen LogP contribution in [-0.2, 0) is 6.54 Å². The number of nitrogen functional groups attached to an aromatic ring is 1. The number of anilines is 1. The van der Waals surface area contributed by atoms with Gasteiger partial charge in [0.25, 0.3) is 5.91 Å². The maximum Gasteiger partial charge on any atom is 0.251 e. The van der Waals surface area contributed by atoms with Crippen molar-refractivity contribution in [2.75, 3.05) is 5.73 Å². The van der Waals surface area contributed by atoms with Gasteiger partial charge >= 0.3 is 0 Å². The minimum atomic E-state index is -0.236. The van der Waals surface area contributed by atoms with Gasteiger partial charge in [-0.25, -0.2) is 0 Å². The molecule has 0 spiro atoms. The van der Waals surface area contributed by atoms with Gasteiger partial charge in [-0.15, -0.1) is 0 Å². The molecule has 4 nitrogen and oxygen atoms in total. The van der Waals surface area contributed by atoms with Crippen LogP contribution in [0.25, 0.3) is 0 Å². The van der Waals surface area contributed by atoms with Crippen LogP contribution in [0.15, 0.2) is 46.9 Å². The number of phenolic OH excluding ortho intramolecular Hbond substituents is 1. The lowest BCUT2D eigenvalue weighted by atomic mass is 10.2. The molecule has 0 heterocycles. The summed E-state index contributed by atoms with van der Waals surface area (Å²) in [6.45, 7) is 0.413. The van der Waals surface area contributed by atoms with Crippen LogP contribution in [0.5, 0.6) is 5.75 Å². The number of amides is 1. The Bertz CT molecular complexity index is 597. The van der Waals surface area contributed by atoms with E-state index in [9.17, 15) is 9.90 Å². The molecule has 0 saturated heterocycles. The van der Waals surface area contributed by atoms with E-state index in [1.165, 1.54) is 6.07 Å². The summed E-state index contributed by atoms with van der Waals surface area (Å²) < 4.78 is 0.558. The van der Waals surface area contributed by atoms with Crippen LogP contribution in [0, 0.1) is 0 Å². The van der Waals surface area contributed by atoms with E-state index in [4.69, 9.17) is 5.73 Å². The molecule has 2 aromatic carbocycles. The van der Waals surface area contributed by atoms with E-state index in [1.54, 1.807) is 24.3 Å². The number of carbonyl (C=O) groups excluding carboxylic acids is 1. The molecule has 19 heavy (non-hydrogen) atoms. The molecule has 2 rings (SSSR count). The fourth-order valence-corrected chi connectivity index (χ4v) is 1.82. The number of hydrogen-bond donors (Lipinski definition) is 3. The monoisotopic (exact) mass is 320 g/mol. The zero-order valence-electron chi connectivity index (χ0n) is 10.1. The Morgan fingerprint density at radius 3 is 2.53 bits per heavy atom. The summed E-state index contributed by atoms with van der Waals surface area (Å²) in [6.07, 6.45) is 0. The van der Waals surface area contributed by atoms with Crippen LogP contribution in [0.2, 0.25) is 0 Å². The van der Waals surface area contributed by atoms with Crippen molar-refractivity contribution in [3.05, 3.63) is 58.1 Å². The highest BCUT2D eigenvalue weighted by molar-refractivity contribution is 9.10. The number of rotatable bonds is 3. The summed E-state index contributed by atoms with van der Waals surface area (Å²) >= 11 is 3.17. The maximum atomic E-state index is 11.9. The number of aromatic hydroxyl groups is 1. The average Bonchev–Trinajstić information content (AvgIpc) is 2.41. The van der Waals surface area contributed by atoms with Crippen LogP contribution < -0.4 is 11.1 Å². The van der Waals surface area contributed by atoms with E-state index in [2.05, 4.69) is 21.2 Å². The first-order valence-electron chi connectivity index (χ1n) is 5.67. The van der Waals surface area contributed by atoms with E-state index >= 15 is 0 Å². The minimum absolute atomic E-state index is 0.0418. The predicted molar refractivity (Wildman–Crippen MR) is 77.8 cm³/mol. The number of benzene rings is 2. The van der Waals surface area contributed by atoms with Gasteiger partial charge in [-0.1, -0.05) is 12.1 Å². The first kappa shape index (κ1) is 13.4. The van der Waals surface area contributed by atoms with E-state index < -0.39 is 0 Å². The zero-order valence-corrected chi connectivity index (χ0v) is 11.6. The summed E-state index contributed by atoms with van der Waals surface area (Å²) in [6, 6.07) is 12.0. The Hall–Kier alpha value is -2.01. The van der Waals surface area contributed by atoms with Crippen molar-refractivity contribution in [2.45, 2.75) is 6.54 Å². The molecule has 4 N–H and O–H groups in total. The Balaban J connectivity index is 2.01. The first-order valence-corrected chi connectivity index (χ1v) is 6.46. The molecule has 1 amide bonds. The topological polar surface area (TPSA) is 75.3 Å². The molecular formula is C14H13BrN2O2. The fourth-order valence-electron chi connectivity index (χ4n) is 1.57. The van der Waals surface area contributed by atoms with E-state index in [0.717, 1.165) is 5.56 Å². The number of phenols is 1. The van der Waals surface area contributed by atoms with Crippen molar-refractivity contribution in [3.63, 3.8) is 0 Å². The molecule has 0 fully saturated rings. The predicted octanol–water partition coefficient (Wildman–Crippen LogP) is 2.67. The summed E-state index contributed by atoms with van der Waals surface area (Å²) in [5, 5.41) is 12.3. The molecule has 0 aliphatic carbocycles. The maximum absolute atomic E-state index is 11.9. The van der Waals surface area contributed by atoms with Crippen LogP contribution >= 0.6 is 15.9 Å². The van der Waals surface area contributed by atoms with Gasteiger partial charge in [0, 0.05) is 17.8 Å². The molecule has 0 bridgehead atoms. The standard InChI is InChI=1S/C14H13BrN2O2/c15-12-6-3-10(7-13(12)18)14(19)17-8-9-1-4-11(16)5-2-9/h1-7,18H,8,16H2,(H,17,19). The van der Waals surface area contributed by atoms with E-state index in [0.29, 0.717) is 22.3 Å². The highest BCUT2D eigenvalue weighted by Gasteiger charge is 2.07. The third kappa shape index (κ3) is 3.48. The highest BCUT2D eigenvalue weighted by atomic mass is 79.9. The van der Waals surface area contributed by atoms with Gasteiger partial charge in [-0.3, -0.25) is 4.79 Å². The lowest BCUT2D eigenvalue weighted by Crippen LogP contribution is -2.22. The van der Waals surface area contributed by atoms with Crippen molar-refractivity contribution in [2.24, 2.45) is 0 Å². The van der Waals surface area contributed by atoms with Gasteiger partial charge in [-0.2, -0.15) is 0 Å². The molecule has 0 aromatic heterocycles. The van der Waals surface area contributed by atoms with Gasteiger partial charge in [0.2, 0.25) is 0 Å². The average molecular weight is 321 g/mol. The van der Waals surface area contributed by atoms with E-state index in [-0.39, 0.29) is 11.7 Å². The number of halogens is 1. The van der Waals surface area contributed by atoms with Crippen LogP contribution in [-0.4, -0.2) is 11.0 Å². The van der Waals surface area contributed by atoms with Crippen LogP contribution in [0.3, 0.4) is 0 Å². The van der Waals surface area contributed by atoms with Crippen molar-refractivity contribution in [1.82, 2.24) is 5.32 Å². The van der Waals surface area contributed by atoms with Crippen molar-refractivity contribution < 1.29 is 9.90 Å². The normalized spacial score (nSPS) is 10.2. The Labute approximate surface area is 119 Å². The Kier molecular flexibility index (Phi) is 4.06. The first-order chi connectivity index (χ1) is 9.06. The largest absolute Gasteiger partial charge is 0.507 e. The lowest BCUT2D eigenvalue weighted by Gasteiger charge is -2.06. The molecule has 5 heteroatoms. The fraction of sp³-hybridized carbons (Fsp3) is 0.0714. The van der Waals surface area contributed by atoms with E-state index in [1.807, 2.05) is 12.1 Å². The molecule has 98 valence electrons. The van der Waals surface area contributed by atoms with Crippen molar-refractivity contribution in [1.29, 1.82) is 0 Å². The minimum Gasteiger partial charge on any atom is -0.507 e. The number of carbonyl (C=O) groups is 1. The second-order valence-electron chi connectivity index (χ2n) is 4.09. The molecule has 0 atom stereocenters. The smallest absolute Gasteiger partial charge is 0.251 e. The molecule has 0 saturated carbocycles. The molecule has 0 unspecified atom stereocenters. The summed E-state index contributed by atoms with van der Waals surface area (Å²) in [7, 11) is 0. The van der Waals surface area contributed by atoms with Crippen molar-refractivity contribution >= 4 is 27.5 Å². The van der Waals surface area contributed by atoms with Gasteiger partial charge in [0.05, 0.1) is 4.47 Å². The SMILES string of the molecule is Nc1ccc(CNC(=O)c2ccc(Br)c(O)c2)cc1. The zero-order chi connectivity index (χ0) is 13.8. The third-order valence-corrected chi connectivity index (χ3v) is 3.31. The van der Waals surface area contributed by atoms with Crippen LogP contribution in [0.1, 0.15) is 15.9 Å². The van der Waals surface area contributed by atoms with Gasteiger partial charge < -0.3 is 16.2 Å². The van der Waals surface area contributed by atoms with Gasteiger partial charge in [0.15, 0.2) is 0 Å². The summed E-state index contributed by atoms with van der Waals surface area (Å²) in [5.74, 6) is -0.195. The van der Waals surface area contributed by atoms with Gasteiger partial charge in [-0.05, 0) is 51.8 Å². The highest BCUT2D eigenvalue weighted by Crippen LogP contribution is 2.24. The second kappa shape index (κ2) is 5.75. The summed E-state index contributed by atoms with van der Waals surface area (Å²) in [5.41, 5.74) is 7.65. The Morgan fingerprint density at radius 1 is 1.21 bits per heavy atom. The second-order valence-corrected chi connectivity index (χ2v) is 4.94. The molecule has 0 aliphatic heterocycles. The molecular weight excluding hydrogens is 308 g/mol. The number of nitrogens with two attached hydrogens (primary N) is 1. The molecule has 0 radical (unpaired) electrons. The number of nitrogens with one attached hydrogen (secondary N) is 1. The van der Waals surface area contributed by atoms with Gasteiger partial charge in [0.1, 0.15) is 5.75 Å². The van der Waals surface area contributed by atoms with Crippen molar-refractivity contribution in [3.8, 4) is 5.75 Å². The molecule has 2 aromatic rings. The van der Waals surface area contributed by atoms with Crippen LogP contribution in [0.4, 0.5) is 5.69 Å². The third-order valence-electron chi connectivity index (χ3n) is 2.64. The number of hydrogen-bond acceptors (Lipinski definition) is 3.